The number of halogens is 3. The molecule has 0 amide bonds. The van der Waals surface area contributed by atoms with Crippen molar-refractivity contribution in [1.82, 2.24) is 4.90 Å². The van der Waals surface area contributed by atoms with Crippen LogP contribution in [0.4, 0.5) is 18.9 Å². The van der Waals surface area contributed by atoms with Gasteiger partial charge in [0.1, 0.15) is 0 Å². The van der Waals surface area contributed by atoms with Gasteiger partial charge in [-0.05, 0) is 61.9 Å². The molecule has 7 heteroatoms. The van der Waals surface area contributed by atoms with E-state index in [0.29, 0.717) is 38.2 Å². The number of alkyl halides is 3. The second-order valence-corrected chi connectivity index (χ2v) is 8.99. The third-order valence-electron chi connectivity index (χ3n) is 6.77. The molecule has 4 rings (SSSR count). The topological polar surface area (TPSA) is 32.8 Å². The van der Waals surface area contributed by atoms with E-state index >= 15 is 0 Å². The van der Waals surface area contributed by atoms with Crippen LogP contribution in [0, 0.1) is 5.92 Å². The molecule has 1 unspecified atom stereocenters. The molecule has 2 aromatic rings. The average Bonchev–Trinajstić information content (AvgIpc) is 3.27. The number of hydrogen-bond acceptors (Lipinski definition) is 4. The van der Waals surface area contributed by atoms with Gasteiger partial charge in [-0.1, -0.05) is 36.4 Å². The molecular formula is C26H31F3N2O2. The summed E-state index contributed by atoms with van der Waals surface area (Å²) in [4.78, 5) is 16.5. The van der Waals surface area contributed by atoms with Crippen LogP contribution >= 0.6 is 0 Å². The fourth-order valence-corrected chi connectivity index (χ4v) is 5.03. The number of benzene rings is 2. The molecule has 0 N–H and O–H groups in total. The van der Waals surface area contributed by atoms with Crippen molar-refractivity contribution in [3.63, 3.8) is 0 Å². The number of carbonyl (C=O) groups excluding carboxylic acids is 1. The highest BCUT2D eigenvalue weighted by atomic mass is 19.4. The number of likely N-dealkylation sites (tertiary alicyclic amines) is 1. The Hall–Kier alpha value is -2.54. The van der Waals surface area contributed by atoms with Gasteiger partial charge >= 0.3 is 12.1 Å². The zero-order valence-electron chi connectivity index (χ0n) is 19.0. The smallest absolute Gasteiger partial charge is 0.416 e. The molecule has 0 saturated carbocycles. The van der Waals surface area contributed by atoms with E-state index in [2.05, 4.69) is 17.0 Å². The molecule has 2 aliphatic rings. The molecule has 0 spiro atoms. The van der Waals surface area contributed by atoms with Crippen molar-refractivity contribution in [2.24, 2.45) is 5.92 Å². The summed E-state index contributed by atoms with van der Waals surface area (Å²) in [6.07, 6.45) is -2.27. The molecule has 2 saturated heterocycles. The van der Waals surface area contributed by atoms with Gasteiger partial charge in [0.05, 0.1) is 18.1 Å². The number of esters is 1. The predicted octanol–water partition coefficient (Wildman–Crippen LogP) is 5.47. The number of anilines is 1. The van der Waals surface area contributed by atoms with E-state index in [0.717, 1.165) is 31.6 Å². The maximum atomic E-state index is 13.5. The summed E-state index contributed by atoms with van der Waals surface area (Å²) >= 11 is 0. The van der Waals surface area contributed by atoms with E-state index in [1.807, 2.05) is 23.1 Å². The molecule has 0 radical (unpaired) electrons. The molecule has 178 valence electrons. The summed E-state index contributed by atoms with van der Waals surface area (Å²) < 4.78 is 45.7. The summed E-state index contributed by atoms with van der Waals surface area (Å²) in [5.74, 6) is -0.189. The Bertz CT molecular complexity index is 940. The van der Waals surface area contributed by atoms with E-state index in [1.165, 1.54) is 17.7 Å². The van der Waals surface area contributed by atoms with Crippen LogP contribution < -0.4 is 4.90 Å². The summed E-state index contributed by atoms with van der Waals surface area (Å²) in [5, 5.41) is 0. The molecule has 2 heterocycles. The van der Waals surface area contributed by atoms with E-state index in [1.54, 1.807) is 13.0 Å². The lowest BCUT2D eigenvalue weighted by Gasteiger charge is -2.35. The van der Waals surface area contributed by atoms with E-state index < -0.39 is 11.7 Å². The molecule has 0 aliphatic carbocycles. The Balaban J connectivity index is 1.52. The SMILES string of the molecule is CCOC(=O)C1CCN(c2cc(C(F)(F)F)ccc2C2CCN(Cc3ccccc3)C2)CC1. The first kappa shape index (κ1) is 23.6. The van der Waals surface area contributed by atoms with E-state index in [-0.39, 0.29) is 17.8 Å². The maximum Gasteiger partial charge on any atom is 0.416 e. The highest BCUT2D eigenvalue weighted by molar-refractivity contribution is 5.73. The first-order valence-corrected chi connectivity index (χ1v) is 11.7. The van der Waals surface area contributed by atoms with Gasteiger partial charge in [-0.2, -0.15) is 13.2 Å². The lowest BCUT2D eigenvalue weighted by molar-refractivity contribution is -0.148. The van der Waals surface area contributed by atoms with Gasteiger partial charge in [0.15, 0.2) is 0 Å². The second kappa shape index (κ2) is 10.2. The largest absolute Gasteiger partial charge is 0.466 e. The van der Waals surface area contributed by atoms with E-state index in [9.17, 15) is 18.0 Å². The molecule has 4 nitrogen and oxygen atoms in total. The lowest BCUT2D eigenvalue weighted by atomic mass is 9.91. The zero-order chi connectivity index (χ0) is 23.4. The van der Waals surface area contributed by atoms with Crippen LogP contribution in [0.2, 0.25) is 0 Å². The maximum absolute atomic E-state index is 13.5. The van der Waals surface area contributed by atoms with Crippen LogP contribution in [0.15, 0.2) is 48.5 Å². The average molecular weight is 461 g/mol. The Kier molecular flexibility index (Phi) is 7.27. The number of hydrogen-bond donors (Lipinski definition) is 0. The zero-order valence-corrected chi connectivity index (χ0v) is 19.0. The summed E-state index contributed by atoms with van der Waals surface area (Å²) in [5.41, 5.74) is 2.27. The Morgan fingerprint density at radius 2 is 1.76 bits per heavy atom. The molecule has 2 fully saturated rings. The minimum atomic E-state index is -4.38. The Morgan fingerprint density at radius 3 is 2.42 bits per heavy atom. The van der Waals surface area contributed by atoms with Crippen molar-refractivity contribution in [3.05, 3.63) is 65.2 Å². The highest BCUT2D eigenvalue weighted by Crippen LogP contribution is 2.40. The highest BCUT2D eigenvalue weighted by Gasteiger charge is 2.35. The summed E-state index contributed by atoms with van der Waals surface area (Å²) in [6.45, 7) is 5.83. The van der Waals surface area contributed by atoms with Crippen LogP contribution in [0.5, 0.6) is 0 Å². The van der Waals surface area contributed by atoms with Crippen LogP contribution in [0.25, 0.3) is 0 Å². The Labute approximate surface area is 193 Å². The van der Waals surface area contributed by atoms with Crippen LogP contribution in [-0.4, -0.2) is 43.7 Å². The number of nitrogens with zero attached hydrogens (tertiary/aromatic N) is 2. The van der Waals surface area contributed by atoms with Gasteiger partial charge in [-0.25, -0.2) is 0 Å². The van der Waals surface area contributed by atoms with Crippen molar-refractivity contribution in [1.29, 1.82) is 0 Å². The number of ether oxygens (including phenoxy) is 1. The van der Waals surface area contributed by atoms with E-state index in [4.69, 9.17) is 4.74 Å². The van der Waals surface area contributed by atoms with Crippen LogP contribution in [0.3, 0.4) is 0 Å². The quantitative estimate of drug-likeness (QED) is 0.535. The summed E-state index contributed by atoms with van der Waals surface area (Å²) in [6, 6.07) is 14.4. The van der Waals surface area contributed by atoms with Crippen molar-refractivity contribution in [3.8, 4) is 0 Å². The standard InChI is InChI=1S/C26H31F3N2O2/c1-2-33-25(32)20-11-14-31(15-12-20)24-16-22(26(27,28)29)8-9-23(24)21-10-13-30(18-21)17-19-6-4-3-5-7-19/h3-9,16,20-21H,2,10-15,17-18H2,1H3. The molecule has 2 aromatic carbocycles. The fraction of sp³-hybridized carbons (Fsp3) is 0.500. The Morgan fingerprint density at radius 1 is 1.03 bits per heavy atom. The fourth-order valence-electron chi connectivity index (χ4n) is 5.03. The van der Waals surface area contributed by atoms with Gasteiger partial charge < -0.3 is 9.64 Å². The van der Waals surface area contributed by atoms with Crippen molar-refractivity contribution in [2.75, 3.05) is 37.7 Å². The lowest BCUT2D eigenvalue weighted by Crippen LogP contribution is -2.37. The molecule has 33 heavy (non-hydrogen) atoms. The normalized spacial score (nSPS) is 20.2. The first-order chi connectivity index (χ1) is 15.8. The van der Waals surface area contributed by atoms with Gasteiger partial charge in [0, 0.05) is 31.9 Å². The monoisotopic (exact) mass is 460 g/mol. The van der Waals surface area contributed by atoms with Crippen LogP contribution in [-0.2, 0) is 22.3 Å². The van der Waals surface area contributed by atoms with Crippen molar-refractivity contribution in [2.45, 2.75) is 44.8 Å². The molecule has 2 aliphatic heterocycles. The third-order valence-corrected chi connectivity index (χ3v) is 6.77. The summed E-state index contributed by atoms with van der Waals surface area (Å²) in [7, 11) is 0. The van der Waals surface area contributed by atoms with Crippen LogP contribution in [0.1, 0.15) is 48.8 Å². The molecule has 0 bridgehead atoms. The van der Waals surface area contributed by atoms with Crippen molar-refractivity contribution < 1.29 is 22.7 Å². The molecule has 1 atom stereocenters. The minimum Gasteiger partial charge on any atom is -0.466 e. The number of carbonyl (C=O) groups is 1. The predicted molar refractivity (Wildman–Crippen MR) is 122 cm³/mol. The molecular weight excluding hydrogens is 429 g/mol. The second-order valence-electron chi connectivity index (χ2n) is 8.99. The van der Waals surface area contributed by atoms with Gasteiger partial charge in [0.2, 0.25) is 0 Å². The van der Waals surface area contributed by atoms with Gasteiger partial charge in [-0.15, -0.1) is 0 Å². The number of piperidine rings is 1. The van der Waals surface area contributed by atoms with Crippen molar-refractivity contribution >= 4 is 11.7 Å². The number of rotatable bonds is 6. The first-order valence-electron chi connectivity index (χ1n) is 11.7. The van der Waals surface area contributed by atoms with Gasteiger partial charge in [0.25, 0.3) is 0 Å². The third kappa shape index (κ3) is 5.69. The van der Waals surface area contributed by atoms with Gasteiger partial charge in [-0.3, -0.25) is 9.69 Å². The minimum absolute atomic E-state index is 0.178. The molecule has 0 aromatic heterocycles.